The van der Waals surface area contributed by atoms with Gasteiger partial charge in [0, 0.05) is 16.5 Å². The highest BCUT2D eigenvalue weighted by Crippen LogP contribution is 2.51. The van der Waals surface area contributed by atoms with Gasteiger partial charge in [-0.1, -0.05) is 34.5 Å². The Morgan fingerprint density at radius 1 is 1.37 bits per heavy atom. The summed E-state index contributed by atoms with van der Waals surface area (Å²) in [5, 5.41) is 23.0. The molecule has 188 valence electrons. The topological polar surface area (TPSA) is 149 Å². The average Bonchev–Trinajstić information content (AvgIpc) is 3.15. The summed E-state index contributed by atoms with van der Waals surface area (Å²) in [4.78, 5) is 11.4. The van der Waals surface area contributed by atoms with Crippen molar-refractivity contribution in [1.29, 1.82) is 0 Å². The summed E-state index contributed by atoms with van der Waals surface area (Å²) < 4.78 is 51.7. The molecule has 4 atom stereocenters. The average molecular weight is 591 g/mol. The monoisotopic (exact) mass is 589 g/mol. The van der Waals surface area contributed by atoms with E-state index in [4.69, 9.17) is 25.9 Å². The van der Waals surface area contributed by atoms with E-state index in [0.29, 0.717) is 15.6 Å². The van der Waals surface area contributed by atoms with Crippen LogP contribution < -0.4 is 15.6 Å². The van der Waals surface area contributed by atoms with Gasteiger partial charge >= 0.3 is 5.76 Å². The molecule has 1 aliphatic heterocycles. The molecule has 4 N–H and O–H groups in total. The summed E-state index contributed by atoms with van der Waals surface area (Å²) in [5.41, 5.74) is -0.699. The van der Waals surface area contributed by atoms with E-state index in [1.165, 1.54) is 25.1 Å². The lowest BCUT2D eigenvalue weighted by Gasteiger charge is -2.41. The minimum Gasteiger partial charge on any atom is -0.488 e. The number of aromatic nitrogens is 2. The number of aliphatic hydroxyl groups is 1. The molecule has 1 aliphatic rings. The molecule has 0 aliphatic carbocycles. The van der Waals surface area contributed by atoms with Crippen LogP contribution in [0.25, 0.3) is 0 Å². The second-order valence-corrected chi connectivity index (χ2v) is 11.6. The van der Waals surface area contributed by atoms with Crippen LogP contribution in [0, 0.1) is 12.7 Å². The number of nitrogens with one attached hydrogen (secondary N) is 1. The number of aromatic amines is 1. The van der Waals surface area contributed by atoms with Gasteiger partial charge in [-0.05, 0) is 55.2 Å². The summed E-state index contributed by atoms with van der Waals surface area (Å²) in [7, 11) is -4.27. The minimum absolute atomic E-state index is 0.0571. The second-order valence-electron chi connectivity index (χ2n) is 8.76. The fraction of sp³-hybridized carbons (Fsp3) is 0.364. The van der Waals surface area contributed by atoms with Gasteiger partial charge in [0.1, 0.15) is 22.6 Å². The zero-order chi connectivity index (χ0) is 25.9. The van der Waals surface area contributed by atoms with Crippen LogP contribution in [0.1, 0.15) is 54.7 Å². The summed E-state index contributed by atoms with van der Waals surface area (Å²) in [6.07, 6.45) is -1.12. The third-order valence-electron chi connectivity index (χ3n) is 6.31. The molecule has 0 saturated carbocycles. The van der Waals surface area contributed by atoms with E-state index in [-0.39, 0.29) is 33.5 Å². The van der Waals surface area contributed by atoms with E-state index in [2.05, 4.69) is 26.1 Å². The van der Waals surface area contributed by atoms with E-state index >= 15 is 4.39 Å². The van der Waals surface area contributed by atoms with Crippen LogP contribution in [-0.4, -0.2) is 29.8 Å². The largest absolute Gasteiger partial charge is 0.488 e. The van der Waals surface area contributed by atoms with Crippen LogP contribution in [0.2, 0.25) is 5.02 Å². The van der Waals surface area contributed by atoms with Crippen molar-refractivity contribution in [3.05, 3.63) is 72.7 Å². The predicted octanol–water partition coefficient (Wildman–Crippen LogP) is 3.82. The third kappa shape index (κ3) is 4.65. The highest BCUT2D eigenvalue weighted by Gasteiger charge is 2.47. The summed E-state index contributed by atoms with van der Waals surface area (Å²) in [6, 6.07) is 5.36. The maximum atomic E-state index is 15.0. The molecule has 2 unspecified atom stereocenters. The number of hydrogen-bond donors (Lipinski definition) is 3. The number of sulfonamides is 1. The Bertz CT molecular complexity index is 1470. The van der Waals surface area contributed by atoms with E-state index in [1.807, 2.05) is 0 Å². The lowest BCUT2D eigenvalue weighted by atomic mass is 9.76. The SMILES string of the molecule is Cc1c(Br)ccc(F)c1[C@H](C)[C@H](c1n[nH]c(=O)o1)C1CC(C)(O)c2c(Cl)ccc(S(N)(=O)=O)c2O1. The Morgan fingerprint density at radius 3 is 2.66 bits per heavy atom. The van der Waals surface area contributed by atoms with Gasteiger partial charge in [0.25, 0.3) is 0 Å². The Kier molecular flexibility index (Phi) is 6.64. The summed E-state index contributed by atoms with van der Waals surface area (Å²) >= 11 is 9.71. The Hall–Kier alpha value is -2.25. The molecule has 13 heteroatoms. The van der Waals surface area contributed by atoms with E-state index < -0.39 is 45.1 Å². The molecular weight excluding hydrogens is 569 g/mol. The Balaban J connectivity index is 1.93. The zero-order valence-corrected chi connectivity index (χ0v) is 22.0. The van der Waals surface area contributed by atoms with Gasteiger partial charge in [0.15, 0.2) is 0 Å². The van der Waals surface area contributed by atoms with Gasteiger partial charge in [-0.2, -0.15) is 0 Å². The standard InChI is InChI=1S/C22H22BrClFN3O6S/c1-9-11(23)4-6-13(25)16(9)10(2)17(20-27-28-21(29)34-20)14-8-22(3,30)18-12(24)5-7-15(19(18)33-14)35(26,31)32/h4-7,10,14,17,30H,8H2,1-3H3,(H,28,29)(H2,26,31,32)/t10-,14?,17-,22?/m0/s1. The minimum atomic E-state index is -4.27. The van der Waals surface area contributed by atoms with Crippen molar-refractivity contribution in [2.45, 2.75) is 55.6 Å². The number of halogens is 3. The van der Waals surface area contributed by atoms with Crippen molar-refractivity contribution in [2.75, 3.05) is 0 Å². The number of fused-ring (bicyclic) bond motifs is 1. The quantitative estimate of drug-likeness (QED) is 0.409. The van der Waals surface area contributed by atoms with Crippen LogP contribution in [0.15, 0.2) is 42.8 Å². The van der Waals surface area contributed by atoms with Crippen LogP contribution in [0.4, 0.5) is 4.39 Å². The number of H-pyrrole nitrogens is 1. The molecule has 0 radical (unpaired) electrons. The van der Waals surface area contributed by atoms with Gasteiger partial charge in [-0.25, -0.2) is 27.8 Å². The summed E-state index contributed by atoms with van der Waals surface area (Å²) in [6.45, 7) is 4.87. The molecule has 0 bridgehead atoms. The van der Waals surface area contributed by atoms with Gasteiger partial charge < -0.3 is 14.3 Å². The summed E-state index contributed by atoms with van der Waals surface area (Å²) in [5.74, 6) is -3.27. The number of primary sulfonamides is 1. The van der Waals surface area contributed by atoms with Crippen molar-refractivity contribution in [2.24, 2.45) is 5.14 Å². The smallest absolute Gasteiger partial charge is 0.434 e. The Morgan fingerprint density at radius 2 is 2.06 bits per heavy atom. The molecule has 3 aromatic rings. The first kappa shape index (κ1) is 25.8. The highest BCUT2D eigenvalue weighted by molar-refractivity contribution is 9.10. The van der Waals surface area contributed by atoms with Crippen molar-refractivity contribution >= 4 is 37.6 Å². The lowest BCUT2D eigenvalue weighted by Crippen LogP contribution is -2.42. The molecule has 0 fully saturated rings. The molecule has 2 heterocycles. The van der Waals surface area contributed by atoms with Gasteiger partial charge in [-0.15, -0.1) is 5.10 Å². The lowest BCUT2D eigenvalue weighted by molar-refractivity contribution is -0.0302. The third-order valence-corrected chi connectivity index (χ3v) is 8.42. The fourth-order valence-electron chi connectivity index (χ4n) is 4.76. The second kappa shape index (κ2) is 9.00. The van der Waals surface area contributed by atoms with E-state index in [1.54, 1.807) is 19.9 Å². The number of ether oxygens (including phenoxy) is 1. The van der Waals surface area contributed by atoms with Crippen LogP contribution in [-0.2, 0) is 15.6 Å². The maximum Gasteiger partial charge on any atom is 0.434 e. The number of rotatable bonds is 5. The van der Waals surface area contributed by atoms with Gasteiger partial charge in [-0.3, -0.25) is 0 Å². The van der Waals surface area contributed by atoms with Crippen LogP contribution >= 0.6 is 27.5 Å². The molecule has 0 amide bonds. The first-order chi connectivity index (χ1) is 16.2. The van der Waals surface area contributed by atoms with Crippen molar-refractivity contribution < 1.29 is 27.1 Å². The molecule has 4 rings (SSSR count). The molecular formula is C22H22BrClFN3O6S. The van der Waals surface area contributed by atoms with E-state index in [9.17, 15) is 18.3 Å². The predicted molar refractivity (Wildman–Crippen MR) is 129 cm³/mol. The maximum absolute atomic E-state index is 15.0. The number of hydrogen-bond acceptors (Lipinski definition) is 7. The zero-order valence-electron chi connectivity index (χ0n) is 18.8. The van der Waals surface area contributed by atoms with Gasteiger partial charge in [0.2, 0.25) is 15.9 Å². The van der Waals surface area contributed by atoms with Crippen molar-refractivity contribution in [3.63, 3.8) is 0 Å². The highest BCUT2D eigenvalue weighted by atomic mass is 79.9. The number of nitrogens with two attached hydrogens (primary N) is 1. The number of nitrogens with zero attached hydrogens (tertiary/aromatic N) is 1. The Labute approximate surface area is 213 Å². The molecule has 1 aromatic heterocycles. The first-order valence-corrected chi connectivity index (χ1v) is 13.2. The molecule has 35 heavy (non-hydrogen) atoms. The van der Waals surface area contributed by atoms with Crippen molar-refractivity contribution in [1.82, 2.24) is 10.2 Å². The molecule has 9 nitrogen and oxygen atoms in total. The fourth-order valence-corrected chi connectivity index (χ4v) is 6.12. The van der Waals surface area contributed by atoms with Crippen LogP contribution in [0.3, 0.4) is 0 Å². The molecule has 0 saturated heterocycles. The van der Waals surface area contributed by atoms with Crippen molar-refractivity contribution in [3.8, 4) is 5.75 Å². The first-order valence-electron chi connectivity index (χ1n) is 10.5. The normalized spacial score (nSPS) is 21.8. The molecule has 2 aromatic carbocycles. The van der Waals surface area contributed by atoms with Crippen LogP contribution in [0.5, 0.6) is 5.75 Å². The van der Waals surface area contributed by atoms with Gasteiger partial charge in [0.05, 0.1) is 16.5 Å². The number of benzene rings is 2. The molecule has 0 spiro atoms. The van der Waals surface area contributed by atoms with E-state index in [0.717, 1.165) is 0 Å².